The van der Waals surface area contributed by atoms with Gasteiger partial charge in [0, 0.05) is 33.5 Å². The zero-order chi connectivity index (χ0) is 32.0. The molecule has 0 heterocycles. The van der Waals surface area contributed by atoms with Crippen LogP contribution in [0.3, 0.4) is 0 Å². The van der Waals surface area contributed by atoms with Crippen LogP contribution in [0.25, 0.3) is 32.3 Å². The van der Waals surface area contributed by atoms with E-state index in [-0.39, 0.29) is 5.54 Å². The fourth-order valence-electron chi connectivity index (χ4n) is 7.13. The predicted octanol–water partition coefficient (Wildman–Crippen LogP) is 11.2. The van der Waals surface area contributed by atoms with Gasteiger partial charge in [-0.25, -0.2) is 0 Å². The third kappa shape index (κ3) is 4.67. The molecule has 0 saturated carbocycles. The minimum absolute atomic E-state index is 0.309. The van der Waals surface area contributed by atoms with E-state index in [1.165, 1.54) is 26.9 Å². The van der Waals surface area contributed by atoms with Crippen molar-refractivity contribution in [2.45, 2.75) is 18.9 Å². The summed E-state index contributed by atoms with van der Waals surface area (Å²) in [5.74, 6) is 0. The molecule has 0 fully saturated rings. The summed E-state index contributed by atoms with van der Waals surface area (Å²) < 4.78 is 0. The highest BCUT2D eigenvalue weighted by Gasteiger charge is 2.32. The molecule has 0 aliphatic heterocycles. The van der Waals surface area contributed by atoms with E-state index in [0.717, 1.165) is 40.2 Å². The summed E-state index contributed by atoms with van der Waals surface area (Å²) in [6.07, 6.45) is 9.59. The molecule has 0 aromatic heterocycles. The van der Waals surface area contributed by atoms with Crippen LogP contribution in [0.1, 0.15) is 24.5 Å². The molecule has 1 aliphatic rings. The minimum atomic E-state index is -0.309. The first-order chi connectivity index (χ1) is 23.1. The van der Waals surface area contributed by atoms with Crippen LogP contribution in [-0.4, -0.2) is 5.54 Å². The van der Waals surface area contributed by atoms with E-state index in [4.69, 9.17) is 0 Å². The average molecular weight is 603 g/mol. The molecule has 0 N–H and O–H groups in total. The SMILES string of the molecule is CC1(N(c2ccc(C#N)cc2)c2ccc3ccc4c(N(c5ccccc5)c5ccc(C#N)cc5)ccc5ccc2c3c54)C=CC=CC1. The lowest BCUT2D eigenvalue weighted by Gasteiger charge is -2.42. The van der Waals surface area contributed by atoms with Gasteiger partial charge in [0.15, 0.2) is 0 Å². The van der Waals surface area contributed by atoms with Gasteiger partial charge in [-0.1, -0.05) is 78.9 Å². The second kappa shape index (κ2) is 11.2. The predicted molar refractivity (Wildman–Crippen MR) is 194 cm³/mol. The maximum Gasteiger partial charge on any atom is 0.0991 e. The highest BCUT2D eigenvalue weighted by Crippen LogP contribution is 2.48. The van der Waals surface area contributed by atoms with E-state index in [1.54, 1.807) is 0 Å². The summed E-state index contributed by atoms with van der Waals surface area (Å²) >= 11 is 0. The molecular formula is C43H30N4. The summed E-state index contributed by atoms with van der Waals surface area (Å²) in [4.78, 5) is 4.70. The molecule has 1 aliphatic carbocycles. The summed E-state index contributed by atoms with van der Waals surface area (Å²) in [5, 5.41) is 26.1. The molecule has 0 bridgehead atoms. The Bertz CT molecular complexity index is 2410. The van der Waals surface area contributed by atoms with Crippen molar-refractivity contribution in [3.05, 3.63) is 163 Å². The Hall–Kier alpha value is -6.36. The number of nitriles is 2. The smallest absolute Gasteiger partial charge is 0.0991 e. The van der Waals surface area contributed by atoms with E-state index >= 15 is 0 Å². The molecule has 0 spiro atoms. The fraction of sp³-hybridized carbons (Fsp3) is 0.0698. The first-order valence-corrected chi connectivity index (χ1v) is 15.8. The van der Waals surface area contributed by atoms with Gasteiger partial charge in [-0.2, -0.15) is 10.5 Å². The Kier molecular flexibility index (Phi) is 6.71. The second-order valence-corrected chi connectivity index (χ2v) is 12.3. The van der Waals surface area contributed by atoms with Crippen molar-refractivity contribution in [3.8, 4) is 12.1 Å². The summed E-state index contributed by atoms with van der Waals surface area (Å²) in [6, 6.07) is 48.5. The molecule has 0 saturated heterocycles. The molecule has 0 radical (unpaired) electrons. The Labute approximate surface area is 274 Å². The van der Waals surface area contributed by atoms with Gasteiger partial charge in [0.1, 0.15) is 0 Å². The fourth-order valence-corrected chi connectivity index (χ4v) is 7.13. The lowest BCUT2D eigenvalue weighted by molar-refractivity contribution is 0.571. The lowest BCUT2D eigenvalue weighted by atomic mass is 9.87. The Balaban J connectivity index is 1.39. The minimum Gasteiger partial charge on any atom is -0.331 e. The number of hydrogen-bond acceptors (Lipinski definition) is 4. The van der Waals surface area contributed by atoms with Gasteiger partial charge in [0.25, 0.3) is 0 Å². The molecule has 1 atom stereocenters. The third-order valence-corrected chi connectivity index (χ3v) is 9.37. The van der Waals surface area contributed by atoms with Gasteiger partial charge in [-0.05, 0) is 108 Å². The van der Waals surface area contributed by atoms with Crippen LogP contribution in [-0.2, 0) is 0 Å². The number of nitrogens with zero attached hydrogens (tertiary/aromatic N) is 4. The number of rotatable bonds is 6. The van der Waals surface area contributed by atoms with Gasteiger partial charge < -0.3 is 9.80 Å². The normalized spacial score (nSPS) is 15.6. The Morgan fingerprint density at radius 1 is 0.553 bits per heavy atom. The molecule has 1 unspecified atom stereocenters. The van der Waals surface area contributed by atoms with Crippen molar-refractivity contribution < 1.29 is 0 Å². The van der Waals surface area contributed by atoms with Crippen LogP contribution in [0, 0.1) is 22.7 Å². The summed E-state index contributed by atoms with van der Waals surface area (Å²) in [7, 11) is 0. The van der Waals surface area contributed by atoms with E-state index in [0.29, 0.717) is 11.1 Å². The van der Waals surface area contributed by atoms with E-state index in [2.05, 4.69) is 138 Å². The van der Waals surface area contributed by atoms with Gasteiger partial charge in [-0.15, -0.1) is 0 Å². The second-order valence-electron chi connectivity index (χ2n) is 12.3. The molecule has 7 aromatic rings. The first-order valence-electron chi connectivity index (χ1n) is 15.8. The monoisotopic (exact) mass is 602 g/mol. The molecule has 4 nitrogen and oxygen atoms in total. The number of anilines is 5. The average Bonchev–Trinajstić information content (AvgIpc) is 3.13. The van der Waals surface area contributed by atoms with Crippen molar-refractivity contribution in [1.29, 1.82) is 10.5 Å². The standard InChI is InChI=1S/C43H30N4/c1-43(26-6-3-7-27-43)47(36-20-12-31(29-45)13-21-36)40-25-17-33-14-22-37-39(24-16-32-15-23-38(40)42(33)41(32)37)46(34-8-4-2-5-9-34)35-18-10-30(28-44)11-19-35/h2-26H,27H2,1H3. The molecule has 8 rings (SSSR count). The lowest BCUT2D eigenvalue weighted by Crippen LogP contribution is -2.42. The zero-order valence-corrected chi connectivity index (χ0v) is 25.9. The highest BCUT2D eigenvalue weighted by molar-refractivity contribution is 6.28. The van der Waals surface area contributed by atoms with Crippen LogP contribution in [0.15, 0.2) is 152 Å². The molecule has 7 aromatic carbocycles. The molecular weight excluding hydrogens is 573 g/mol. The number of hydrogen-bond donors (Lipinski definition) is 0. The summed E-state index contributed by atoms with van der Waals surface area (Å²) in [6.45, 7) is 2.27. The highest BCUT2D eigenvalue weighted by atomic mass is 15.2. The van der Waals surface area contributed by atoms with Crippen LogP contribution in [0.5, 0.6) is 0 Å². The topological polar surface area (TPSA) is 54.1 Å². The first kappa shape index (κ1) is 28.1. The quantitative estimate of drug-likeness (QED) is 0.178. The van der Waals surface area contributed by atoms with Gasteiger partial charge in [-0.3, -0.25) is 0 Å². The van der Waals surface area contributed by atoms with E-state index < -0.39 is 0 Å². The van der Waals surface area contributed by atoms with Crippen molar-refractivity contribution in [2.75, 3.05) is 9.80 Å². The van der Waals surface area contributed by atoms with Crippen LogP contribution >= 0.6 is 0 Å². The molecule has 222 valence electrons. The maximum atomic E-state index is 9.51. The number of benzene rings is 7. The van der Waals surface area contributed by atoms with E-state index in [9.17, 15) is 10.5 Å². The number of allylic oxidation sites excluding steroid dienone is 2. The van der Waals surface area contributed by atoms with Crippen molar-refractivity contribution in [3.63, 3.8) is 0 Å². The van der Waals surface area contributed by atoms with Crippen LogP contribution in [0.4, 0.5) is 28.4 Å². The van der Waals surface area contributed by atoms with Crippen LogP contribution in [0.2, 0.25) is 0 Å². The number of para-hydroxylation sites is 1. The van der Waals surface area contributed by atoms with Gasteiger partial charge in [0.05, 0.1) is 34.5 Å². The van der Waals surface area contributed by atoms with Crippen molar-refractivity contribution >= 4 is 60.8 Å². The van der Waals surface area contributed by atoms with Gasteiger partial charge in [0.2, 0.25) is 0 Å². The van der Waals surface area contributed by atoms with Crippen molar-refractivity contribution in [1.82, 2.24) is 0 Å². The largest absolute Gasteiger partial charge is 0.331 e. The summed E-state index contributed by atoms with van der Waals surface area (Å²) in [5.41, 5.74) is 6.24. The molecule has 0 amide bonds. The third-order valence-electron chi connectivity index (χ3n) is 9.37. The molecule has 4 heteroatoms. The maximum absolute atomic E-state index is 9.51. The van der Waals surface area contributed by atoms with Crippen molar-refractivity contribution in [2.24, 2.45) is 0 Å². The van der Waals surface area contributed by atoms with E-state index in [1.807, 2.05) is 42.5 Å². The Morgan fingerprint density at radius 2 is 1.09 bits per heavy atom. The Morgan fingerprint density at radius 3 is 1.66 bits per heavy atom. The van der Waals surface area contributed by atoms with Crippen LogP contribution < -0.4 is 9.80 Å². The van der Waals surface area contributed by atoms with Gasteiger partial charge >= 0.3 is 0 Å². The zero-order valence-electron chi connectivity index (χ0n) is 25.9. The molecule has 47 heavy (non-hydrogen) atoms.